The van der Waals surface area contributed by atoms with E-state index in [0.29, 0.717) is 61.2 Å². The Kier molecular flexibility index (Phi) is 5.43. The zero-order valence-corrected chi connectivity index (χ0v) is 15.5. The summed E-state index contributed by atoms with van der Waals surface area (Å²) in [4.78, 5) is 15.0. The van der Waals surface area contributed by atoms with Crippen LogP contribution in [-0.4, -0.2) is 59.0 Å². The molecule has 0 radical (unpaired) electrons. The fourth-order valence-electron chi connectivity index (χ4n) is 3.23. The summed E-state index contributed by atoms with van der Waals surface area (Å²) in [6.45, 7) is 1.78. The number of aliphatic hydroxyl groups is 1. The summed E-state index contributed by atoms with van der Waals surface area (Å²) < 4.78 is 24.8. The first-order chi connectivity index (χ1) is 14.1. The third kappa shape index (κ3) is 4.21. The number of carbonyl (C=O) groups excluding carboxylic acids is 1. The van der Waals surface area contributed by atoms with Crippen LogP contribution in [0.2, 0.25) is 0 Å². The molecule has 1 saturated heterocycles. The summed E-state index contributed by atoms with van der Waals surface area (Å²) in [6.07, 6.45) is 1.46. The van der Waals surface area contributed by atoms with Crippen molar-refractivity contribution in [3.63, 3.8) is 0 Å². The first-order valence-corrected chi connectivity index (χ1v) is 9.17. The number of hydrogen-bond acceptors (Lipinski definition) is 8. The number of aliphatic hydroxyl groups excluding tert-OH is 1. The van der Waals surface area contributed by atoms with E-state index in [0.717, 1.165) is 0 Å². The summed E-state index contributed by atoms with van der Waals surface area (Å²) in [5, 5.41) is 19.7. The quantitative estimate of drug-likeness (QED) is 0.643. The number of halogens is 1. The molecule has 10 heteroatoms. The number of nitrogens with zero attached hydrogens (tertiary/aromatic N) is 4. The van der Waals surface area contributed by atoms with E-state index < -0.39 is 6.61 Å². The summed E-state index contributed by atoms with van der Waals surface area (Å²) in [5.74, 6) is 0.492. The average Bonchev–Trinajstić information content (AvgIpc) is 3.44. The van der Waals surface area contributed by atoms with Crippen LogP contribution in [-0.2, 0) is 11.3 Å². The number of nitrogens with one attached hydrogen (secondary N) is 1. The lowest BCUT2D eigenvalue weighted by Gasteiger charge is -2.36. The predicted octanol–water partition coefficient (Wildman–Crippen LogP) is 1.72. The minimum Gasteiger partial charge on any atom is -0.387 e. The fraction of sp³-hybridized carbons (Fsp3) is 0.316. The van der Waals surface area contributed by atoms with Gasteiger partial charge in [0.15, 0.2) is 11.6 Å². The van der Waals surface area contributed by atoms with Crippen molar-refractivity contribution >= 4 is 17.4 Å². The normalized spacial score (nSPS) is 14.3. The number of anilines is 2. The highest BCUT2D eigenvalue weighted by atomic mass is 19.1. The van der Waals surface area contributed by atoms with Crippen LogP contribution < -0.4 is 10.2 Å². The summed E-state index contributed by atoms with van der Waals surface area (Å²) >= 11 is 0. The Hall–Kier alpha value is -3.40. The Morgan fingerprint density at radius 3 is 2.69 bits per heavy atom. The van der Waals surface area contributed by atoms with Crippen LogP contribution in [0.1, 0.15) is 5.76 Å². The topological polar surface area (TPSA) is 108 Å². The molecule has 152 valence electrons. The van der Waals surface area contributed by atoms with Crippen LogP contribution in [0.15, 0.2) is 45.6 Å². The van der Waals surface area contributed by atoms with E-state index >= 15 is 0 Å². The fourth-order valence-corrected chi connectivity index (χ4v) is 3.23. The molecule has 0 unspecified atom stereocenters. The van der Waals surface area contributed by atoms with Crippen LogP contribution in [0.25, 0.3) is 11.3 Å². The van der Waals surface area contributed by atoms with Crippen molar-refractivity contribution in [3.8, 4) is 11.3 Å². The minimum absolute atomic E-state index is 0.305. The van der Waals surface area contributed by atoms with Gasteiger partial charge in [0, 0.05) is 43.9 Å². The van der Waals surface area contributed by atoms with Crippen molar-refractivity contribution in [2.45, 2.75) is 6.54 Å². The Labute approximate surface area is 165 Å². The van der Waals surface area contributed by atoms with E-state index in [1.807, 2.05) is 4.90 Å². The molecule has 1 aliphatic heterocycles. The highest BCUT2D eigenvalue weighted by Crippen LogP contribution is 2.27. The van der Waals surface area contributed by atoms with Gasteiger partial charge in [0.25, 0.3) is 0 Å². The van der Waals surface area contributed by atoms with E-state index in [1.165, 1.54) is 12.3 Å². The van der Waals surface area contributed by atoms with Crippen molar-refractivity contribution < 1.29 is 23.3 Å². The molecular weight excluding hydrogens is 381 g/mol. The first kappa shape index (κ1) is 18.9. The standard InChI is InChI=1S/C19H20FN5O4/c20-15-9-13(16-10-14(29-22-16)11-21-18-3-8-28-23-18)1-2-17(15)24-4-6-25(7-5-24)19(27)12-26/h1-3,8-10,26H,4-7,11-12H2,(H,21,23). The van der Waals surface area contributed by atoms with Crippen molar-refractivity contribution in [1.29, 1.82) is 0 Å². The Bertz CT molecular complexity index is 967. The monoisotopic (exact) mass is 401 g/mol. The van der Waals surface area contributed by atoms with Gasteiger partial charge in [-0.15, -0.1) is 0 Å². The Morgan fingerprint density at radius 2 is 2.00 bits per heavy atom. The van der Waals surface area contributed by atoms with Crippen LogP contribution >= 0.6 is 0 Å². The molecule has 0 atom stereocenters. The van der Waals surface area contributed by atoms with Gasteiger partial charge < -0.3 is 29.3 Å². The minimum atomic E-state index is -0.503. The van der Waals surface area contributed by atoms with Gasteiger partial charge in [0.05, 0.1) is 12.2 Å². The molecule has 3 aromatic rings. The molecule has 9 nitrogen and oxygen atoms in total. The van der Waals surface area contributed by atoms with Gasteiger partial charge in [-0.1, -0.05) is 16.4 Å². The van der Waals surface area contributed by atoms with Crippen molar-refractivity contribution in [2.24, 2.45) is 0 Å². The lowest BCUT2D eigenvalue weighted by molar-refractivity contribution is -0.134. The number of aromatic nitrogens is 2. The molecule has 0 bridgehead atoms. The van der Waals surface area contributed by atoms with Crippen molar-refractivity contribution in [2.75, 3.05) is 43.0 Å². The number of rotatable bonds is 6. The molecule has 2 aromatic heterocycles. The van der Waals surface area contributed by atoms with Gasteiger partial charge in [-0.3, -0.25) is 4.79 Å². The molecule has 1 aromatic carbocycles. The van der Waals surface area contributed by atoms with E-state index in [9.17, 15) is 9.18 Å². The lowest BCUT2D eigenvalue weighted by Crippen LogP contribution is -2.49. The SMILES string of the molecule is O=C(CO)N1CCN(c2ccc(-c3cc(CNc4ccon4)on3)cc2F)CC1. The summed E-state index contributed by atoms with van der Waals surface area (Å²) in [6, 6.07) is 8.34. The molecular formula is C19H20FN5O4. The van der Waals surface area contributed by atoms with Crippen molar-refractivity contribution in [1.82, 2.24) is 15.2 Å². The number of carbonyl (C=O) groups is 1. The number of benzene rings is 1. The molecule has 3 heterocycles. The maximum Gasteiger partial charge on any atom is 0.248 e. The molecule has 1 fully saturated rings. The number of hydrogen-bond donors (Lipinski definition) is 2. The second-order valence-electron chi connectivity index (χ2n) is 6.61. The zero-order chi connectivity index (χ0) is 20.2. The molecule has 4 rings (SSSR count). The van der Waals surface area contributed by atoms with Crippen LogP contribution in [0.3, 0.4) is 0 Å². The van der Waals surface area contributed by atoms with Crippen LogP contribution in [0.4, 0.5) is 15.9 Å². The predicted molar refractivity (Wildman–Crippen MR) is 102 cm³/mol. The van der Waals surface area contributed by atoms with Gasteiger partial charge in [-0.05, 0) is 12.1 Å². The maximum atomic E-state index is 14.7. The van der Waals surface area contributed by atoms with E-state index in [1.54, 1.807) is 29.2 Å². The van der Waals surface area contributed by atoms with E-state index in [4.69, 9.17) is 14.2 Å². The van der Waals surface area contributed by atoms with Gasteiger partial charge in [0.1, 0.15) is 24.4 Å². The second-order valence-corrected chi connectivity index (χ2v) is 6.61. The highest BCUT2D eigenvalue weighted by molar-refractivity contribution is 5.77. The molecule has 1 aliphatic rings. The maximum absolute atomic E-state index is 14.7. The second kappa shape index (κ2) is 8.31. The number of piperazine rings is 1. The first-order valence-electron chi connectivity index (χ1n) is 9.17. The zero-order valence-electron chi connectivity index (χ0n) is 15.5. The smallest absolute Gasteiger partial charge is 0.248 e. The van der Waals surface area contributed by atoms with Gasteiger partial charge in [0.2, 0.25) is 5.91 Å². The third-order valence-electron chi connectivity index (χ3n) is 4.79. The summed E-state index contributed by atoms with van der Waals surface area (Å²) in [7, 11) is 0. The molecule has 29 heavy (non-hydrogen) atoms. The molecule has 0 spiro atoms. The van der Waals surface area contributed by atoms with Crippen LogP contribution in [0, 0.1) is 5.82 Å². The molecule has 1 amide bonds. The van der Waals surface area contributed by atoms with Gasteiger partial charge >= 0.3 is 0 Å². The van der Waals surface area contributed by atoms with E-state index in [-0.39, 0.29) is 11.7 Å². The Balaban J connectivity index is 1.41. The van der Waals surface area contributed by atoms with E-state index in [2.05, 4.69) is 15.6 Å². The van der Waals surface area contributed by atoms with Gasteiger partial charge in [-0.25, -0.2) is 4.39 Å². The Morgan fingerprint density at radius 1 is 1.17 bits per heavy atom. The molecule has 2 N–H and O–H groups in total. The lowest BCUT2D eigenvalue weighted by atomic mass is 10.1. The van der Waals surface area contributed by atoms with Crippen LogP contribution in [0.5, 0.6) is 0 Å². The highest BCUT2D eigenvalue weighted by Gasteiger charge is 2.22. The number of amides is 1. The molecule has 0 aliphatic carbocycles. The average molecular weight is 401 g/mol. The third-order valence-corrected chi connectivity index (χ3v) is 4.79. The van der Waals surface area contributed by atoms with Crippen molar-refractivity contribution in [3.05, 3.63) is 48.2 Å². The molecule has 0 saturated carbocycles. The largest absolute Gasteiger partial charge is 0.387 e. The van der Waals surface area contributed by atoms with Gasteiger partial charge in [-0.2, -0.15) is 0 Å². The summed E-state index contributed by atoms with van der Waals surface area (Å²) in [5.41, 5.74) is 1.61.